The molecule has 162 valence electrons. The van der Waals surface area contributed by atoms with Crippen LogP contribution in [0.25, 0.3) is 0 Å². The number of anilines is 2. The Morgan fingerprint density at radius 1 is 0.875 bits per heavy atom. The third-order valence-electron chi connectivity index (χ3n) is 4.56. The molecule has 3 aromatic carbocycles. The van der Waals surface area contributed by atoms with Crippen LogP contribution in [0.1, 0.15) is 0 Å². The van der Waals surface area contributed by atoms with E-state index in [2.05, 4.69) is 5.32 Å². The maximum absolute atomic E-state index is 13.4. The first kappa shape index (κ1) is 22.6. The average Bonchev–Trinajstić information content (AvgIpc) is 3.00. The maximum atomic E-state index is 13.4. The van der Waals surface area contributed by atoms with Gasteiger partial charge in [0.15, 0.2) is 0 Å². The van der Waals surface area contributed by atoms with Gasteiger partial charge in [-0.2, -0.15) is 0 Å². The van der Waals surface area contributed by atoms with E-state index in [1.165, 1.54) is 6.07 Å². The molecule has 5 nitrogen and oxygen atoms in total. The van der Waals surface area contributed by atoms with Gasteiger partial charge in [0.2, 0.25) is 0 Å². The highest BCUT2D eigenvalue weighted by Crippen LogP contribution is 2.40. The SMILES string of the molecule is COc1cccc(NC2=C(Sc3ccc(Cl)cc3)C(=O)N(c3ccc(Cl)cc3Cl)C2=O)c1. The fraction of sp³-hybridized carbons (Fsp3) is 0.0435. The number of ether oxygens (including phenoxy) is 1. The molecule has 0 atom stereocenters. The van der Waals surface area contributed by atoms with Gasteiger partial charge in [0.1, 0.15) is 16.4 Å². The average molecular weight is 506 g/mol. The Hall–Kier alpha value is -2.64. The minimum Gasteiger partial charge on any atom is -0.497 e. The van der Waals surface area contributed by atoms with Gasteiger partial charge in [-0.1, -0.05) is 52.6 Å². The summed E-state index contributed by atoms with van der Waals surface area (Å²) in [6.07, 6.45) is 0. The second kappa shape index (κ2) is 9.46. The molecule has 0 bridgehead atoms. The van der Waals surface area contributed by atoms with Crippen LogP contribution in [0.3, 0.4) is 0 Å². The van der Waals surface area contributed by atoms with Crippen molar-refractivity contribution in [3.63, 3.8) is 0 Å². The molecule has 4 rings (SSSR count). The number of nitrogens with one attached hydrogen (secondary N) is 1. The summed E-state index contributed by atoms with van der Waals surface area (Å²) in [7, 11) is 1.55. The number of hydrogen-bond acceptors (Lipinski definition) is 5. The number of hydrogen-bond donors (Lipinski definition) is 1. The van der Waals surface area contributed by atoms with E-state index in [0.29, 0.717) is 21.5 Å². The highest BCUT2D eigenvalue weighted by atomic mass is 35.5. The molecular formula is C23H15Cl3N2O3S. The number of nitrogens with zero attached hydrogens (tertiary/aromatic N) is 1. The van der Waals surface area contributed by atoms with Crippen LogP contribution in [0.5, 0.6) is 5.75 Å². The Bertz CT molecular complexity index is 1250. The van der Waals surface area contributed by atoms with Crippen molar-refractivity contribution in [1.29, 1.82) is 0 Å². The van der Waals surface area contributed by atoms with Gasteiger partial charge in [0, 0.05) is 26.7 Å². The van der Waals surface area contributed by atoms with Crippen LogP contribution < -0.4 is 15.0 Å². The van der Waals surface area contributed by atoms with E-state index in [1.54, 1.807) is 67.8 Å². The Labute approximate surface area is 203 Å². The maximum Gasteiger partial charge on any atom is 0.283 e. The number of imide groups is 1. The molecule has 1 aliphatic heterocycles. The summed E-state index contributed by atoms with van der Waals surface area (Å²) in [6, 6.07) is 18.7. The molecule has 0 unspecified atom stereocenters. The van der Waals surface area contributed by atoms with Gasteiger partial charge >= 0.3 is 0 Å². The zero-order chi connectivity index (χ0) is 22.8. The summed E-state index contributed by atoms with van der Waals surface area (Å²) >= 11 is 19.4. The number of thioether (sulfide) groups is 1. The van der Waals surface area contributed by atoms with Crippen LogP contribution in [-0.2, 0) is 9.59 Å². The molecule has 0 aromatic heterocycles. The standard InChI is InChI=1S/C23H15Cl3N2O3S/c1-31-16-4-2-3-15(12-16)27-20-21(32-17-8-5-13(24)6-9-17)23(30)28(22(20)29)19-10-7-14(25)11-18(19)26/h2-12,27H,1H3. The van der Waals surface area contributed by atoms with Crippen molar-refractivity contribution in [2.45, 2.75) is 4.90 Å². The van der Waals surface area contributed by atoms with Gasteiger partial charge in [-0.15, -0.1) is 0 Å². The first-order valence-electron chi connectivity index (χ1n) is 9.30. The van der Waals surface area contributed by atoms with Gasteiger partial charge in [0.25, 0.3) is 11.8 Å². The van der Waals surface area contributed by atoms with Crippen molar-refractivity contribution < 1.29 is 14.3 Å². The lowest BCUT2D eigenvalue weighted by Crippen LogP contribution is -2.32. The molecule has 0 fully saturated rings. The lowest BCUT2D eigenvalue weighted by Gasteiger charge is -2.17. The summed E-state index contributed by atoms with van der Waals surface area (Å²) < 4.78 is 5.25. The number of rotatable bonds is 6. The molecule has 2 amide bonds. The Balaban J connectivity index is 1.76. The first-order valence-corrected chi connectivity index (χ1v) is 11.2. The van der Waals surface area contributed by atoms with Crippen molar-refractivity contribution in [2.24, 2.45) is 0 Å². The Morgan fingerprint density at radius 3 is 2.28 bits per heavy atom. The third-order valence-corrected chi connectivity index (χ3v) is 6.45. The monoisotopic (exact) mass is 504 g/mol. The van der Waals surface area contributed by atoms with Gasteiger partial charge in [-0.3, -0.25) is 9.59 Å². The number of methoxy groups -OCH3 is 1. The zero-order valence-corrected chi connectivity index (χ0v) is 19.6. The summed E-state index contributed by atoms with van der Waals surface area (Å²) in [6.45, 7) is 0. The van der Waals surface area contributed by atoms with Crippen LogP contribution >= 0.6 is 46.6 Å². The highest BCUT2D eigenvalue weighted by Gasteiger charge is 2.41. The molecule has 32 heavy (non-hydrogen) atoms. The number of carbonyl (C=O) groups excluding carboxylic acids is 2. The van der Waals surface area contributed by atoms with Crippen LogP contribution in [0.2, 0.25) is 15.1 Å². The van der Waals surface area contributed by atoms with Crippen molar-refractivity contribution >= 4 is 69.8 Å². The quantitative estimate of drug-likeness (QED) is 0.380. The second-order valence-corrected chi connectivity index (χ2v) is 9.02. The number of amides is 2. The fourth-order valence-electron chi connectivity index (χ4n) is 3.06. The van der Waals surface area contributed by atoms with E-state index in [-0.39, 0.29) is 21.3 Å². The van der Waals surface area contributed by atoms with Crippen molar-refractivity contribution in [1.82, 2.24) is 0 Å². The van der Waals surface area contributed by atoms with Gasteiger partial charge in [-0.25, -0.2) is 4.90 Å². The molecule has 1 N–H and O–H groups in total. The number of halogens is 3. The Morgan fingerprint density at radius 2 is 1.59 bits per heavy atom. The van der Waals surface area contributed by atoms with Crippen LogP contribution in [0, 0.1) is 0 Å². The van der Waals surface area contributed by atoms with E-state index >= 15 is 0 Å². The summed E-state index contributed by atoms with van der Waals surface area (Å²) in [5, 5.41) is 4.24. The minimum absolute atomic E-state index is 0.134. The minimum atomic E-state index is -0.529. The molecule has 0 saturated heterocycles. The molecule has 1 aliphatic rings. The zero-order valence-electron chi connectivity index (χ0n) is 16.6. The van der Waals surface area contributed by atoms with E-state index < -0.39 is 11.8 Å². The van der Waals surface area contributed by atoms with E-state index in [4.69, 9.17) is 39.5 Å². The molecule has 0 spiro atoms. The predicted octanol–water partition coefficient (Wildman–Crippen LogP) is 6.64. The topological polar surface area (TPSA) is 58.6 Å². The van der Waals surface area contributed by atoms with Gasteiger partial charge < -0.3 is 10.1 Å². The van der Waals surface area contributed by atoms with Gasteiger partial charge in [0.05, 0.1) is 17.8 Å². The van der Waals surface area contributed by atoms with Crippen molar-refractivity contribution in [3.8, 4) is 5.75 Å². The van der Waals surface area contributed by atoms with Crippen molar-refractivity contribution in [3.05, 3.63) is 92.4 Å². The normalized spacial score (nSPS) is 13.7. The molecule has 9 heteroatoms. The van der Waals surface area contributed by atoms with E-state index in [1.807, 2.05) is 0 Å². The molecule has 1 heterocycles. The summed E-state index contributed by atoms with van der Waals surface area (Å²) in [5.74, 6) is -0.417. The Kier molecular flexibility index (Phi) is 6.67. The first-order chi connectivity index (χ1) is 15.4. The molecule has 0 aliphatic carbocycles. The summed E-state index contributed by atoms with van der Waals surface area (Å²) in [5.41, 5.74) is 0.982. The fourth-order valence-corrected chi connectivity index (χ4v) is 4.61. The smallest absolute Gasteiger partial charge is 0.283 e. The van der Waals surface area contributed by atoms with E-state index in [9.17, 15) is 9.59 Å². The lowest BCUT2D eigenvalue weighted by atomic mass is 10.2. The predicted molar refractivity (Wildman–Crippen MR) is 130 cm³/mol. The second-order valence-electron chi connectivity index (χ2n) is 6.66. The van der Waals surface area contributed by atoms with Crippen LogP contribution in [0.15, 0.2) is 82.2 Å². The third kappa shape index (κ3) is 4.59. The molecule has 0 radical (unpaired) electrons. The largest absolute Gasteiger partial charge is 0.497 e. The lowest BCUT2D eigenvalue weighted by molar-refractivity contribution is -0.120. The number of benzene rings is 3. The van der Waals surface area contributed by atoms with Crippen LogP contribution in [-0.4, -0.2) is 18.9 Å². The molecular weight excluding hydrogens is 491 g/mol. The van der Waals surface area contributed by atoms with Crippen molar-refractivity contribution in [2.75, 3.05) is 17.3 Å². The van der Waals surface area contributed by atoms with E-state index in [0.717, 1.165) is 21.6 Å². The molecule has 0 saturated carbocycles. The van der Waals surface area contributed by atoms with Gasteiger partial charge in [-0.05, 0) is 54.6 Å². The summed E-state index contributed by atoms with van der Waals surface area (Å²) in [4.78, 5) is 28.8. The number of carbonyl (C=O) groups is 2. The highest BCUT2D eigenvalue weighted by molar-refractivity contribution is 8.04. The molecule has 3 aromatic rings. The van der Waals surface area contributed by atoms with Crippen LogP contribution in [0.4, 0.5) is 11.4 Å².